The topological polar surface area (TPSA) is 28.6 Å². The van der Waals surface area contributed by atoms with Crippen LogP contribution in [-0.2, 0) is 11.3 Å². The number of pyridine rings is 1. The van der Waals surface area contributed by atoms with Gasteiger partial charge in [-0.15, -0.1) is 5.23 Å². The first kappa shape index (κ1) is 15.4. The van der Waals surface area contributed by atoms with Crippen molar-refractivity contribution < 1.29 is 9.22 Å². The van der Waals surface area contributed by atoms with Crippen LogP contribution in [0.3, 0.4) is 0 Å². The maximum absolute atomic E-state index is 14.6. The lowest BCUT2D eigenvalue weighted by Gasteiger charge is -2.22. The molecule has 0 saturated carbocycles. The van der Waals surface area contributed by atoms with Gasteiger partial charge in [0.05, 0.1) is 12.2 Å². The molecule has 3 rings (SSSR count). The van der Waals surface area contributed by atoms with Gasteiger partial charge in [0.15, 0.2) is 0 Å². The van der Waals surface area contributed by atoms with E-state index < -0.39 is 8.07 Å². The molecule has 1 aliphatic heterocycles. The van der Waals surface area contributed by atoms with E-state index >= 15 is 0 Å². The Balaban J connectivity index is 1.69. The molecule has 0 amide bonds. The van der Waals surface area contributed by atoms with E-state index in [0.717, 1.165) is 22.5 Å². The van der Waals surface area contributed by atoms with Gasteiger partial charge in [-0.1, -0.05) is 48.4 Å². The average molecular weight is 319 g/mol. The smallest absolute Gasteiger partial charge is 0.119 e. The molecule has 0 fully saturated rings. The number of nitrogens with zero attached hydrogens (tertiary/aromatic N) is 3. The van der Waals surface area contributed by atoms with Gasteiger partial charge in [-0.3, -0.25) is 4.98 Å². The second-order valence-electron chi connectivity index (χ2n) is 6.91. The molecule has 0 unspecified atom stereocenters. The van der Waals surface area contributed by atoms with E-state index in [1.165, 1.54) is 0 Å². The number of aromatic nitrogens is 1. The molecule has 0 spiro atoms. The van der Waals surface area contributed by atoms with Crippen molar-refractivity contribution in [3.63, 3.8) is 0 Å². The molecule has 6 heteroatoms. The summed E-state index contributed by atoms with van der Waals surface area (Å²) in [5.41, 5.74) is 1.31. The van der Waals surface area contributed by atoms with E-state index in [1.807, 2.05) is 24.3 Å². The number of fused-ring (bicyclic) bond motifs is 3. The van der Waals surface area contributed by atoms with Gasteiger partial charge in [0, 0.05) is 31.7 Å². The maximum Gasteiger partial charge on any atom is 0.119 e. The molecule has 22 heavy (non-hydrogen) atoms. The van der Waals surface area contributed by atoms with Crippen LogP contribution in [-0.4, -0.2) is 31.4 Å². The summed E-state index contributed by atoms with van der Waals surface area (Å²) in [7, 11) is -1.11. The van der Waals surface area contributed by atoms with Crippen LogP contribution >= 0.6 is 0 Å². The van der Waals surface area contributed by atoms with E-state index in [-0.39, 0.29) is 6.73 Å². The van der Waals surface area contributed by atoms with Crippen molar-refractivity contribution in [1.29, 1.82) is 0 Å². The highest BCUT2D eigenvalue weighted by atomic mass is 28.3. The predicted octanol–water partition coefficient (Wildman–Crippen LogP) is 3.97. The number of hydrazine groups is 1. The molecule has 1 aromatic carbocycles. The molecule has 118 valence electrons. The van der Waals surface area contributed by atoms with Gasteiger partial charge in [-0.05, 0) is 6.04 Å². The molecule has 1 aromatic heterocycles. The van der Waals surface area contributed by atoms with Gasteiger partial charge < -0.3 is 4.74 Å². The summed E-state index contributed by atoms with van der Waals surface area (Å²) in [5.74, 6) is 0. The van der Waals surface area contributed by atoms with E-state index in [4.69, 9.17) is 4.74 Å². The maximum atomic E-state index is 14.6. The summed E-state index contributed by atoms with van der Waals surface area (Å²) in [6.07, 6.45) is 1.80. The summed E-state index contributed by atoms with van der Waals surface area (Å²) >= 11 is 0. The molecule has 0 radical (unpaired) electrons. The molecule has 0 N–H and O–H groups in total. The fraction of sp³-hybridized carbons (Fsp3) is 0.438. The van der Waals surface area contributed by atoms with E-state index in [9.17, 15) is 4.48 Å². The quantitative estimate of drug-likeness (QED) is 0.474. The minimum absolute atomic E-state index is 0.256. The number of benzene rings is 1. The molecule has 0 saturated heterocycles. The molecule has 0 bridgehead atoms. The first-order valence-electron chi connectivity index (χ1n) is 7.61. The lowest BCUT2D eigenvalue weighted by molar-refractivity contribution is 0.000169. The predicted molar refractivity (Wildman–Crippen MR) is 89.8 cm³/mol. The van der Waals surface area contributed by atoms with Crippen LogP contribution in [0.5, 0.6) is 0 Å². The van der Waals surface area contributed by atoms with Crippen LogP contribution in [0.25, 0.3) is 10.8 Å². The Kier molecular flexibility index (Phi) is 4.16. The highest BCUT2D eigenvalue weighted by molar-refractivity contribution is 6.76. The number of halogens is 1. The Morgan fingerprint density at radius 1 is 1.27 bits per heavy atom. The Bertz CT molecular complexity index is 674. The van der Waals surface area contributed by atoms with Gasteiger partial charge in [-0.2, -0.15) is 5.01 Å². The van der Waals surface area contributed by atoms with Gasteiger partial charge in [0.2, 0.25) is 0 Å². The highest BCUT2D eigenvalue weighted by Gasteiger charge is 2.30. The van der Waals surface area contributed by atoms with E-state index in [1.54, 1.807) is 11.2 Å². The van der Waals surface area contributed by atoms with Gasteiger partial charge in [0.1, 0.15) is 12.4 Å². The zero-order valence-corrected chi connectivity index (χ0v) is 14.3. The molecular formula is C16H22FN3OSi. The fourth-order valence-electron chi connectivity index (χ4n) is 2.53. The summed E-state index contributed by atoms with van der Waals surface area (Å²) in [4.78, 5) is 4.38. The molecule has 2 aromatic rings. The zero-order valence-electron chi connectivity index (χ0n) is 13.3. The Morgan fingerprint density at radius 2 is 2.05 bits per heavy atom. The van der Waals surface area contributed by atoms with Crippen molar-refractivity contribution in [3.05, 3.63) is 36.2 Å². The zero-order chi connectivity index (χ0) is 15.7. The Hall–Kier alpha value is -1.50. The first-order valence-corrected chi connectivity index (χ1v) is 11.3. The van der Waals surface area contributed by atoms with Crippen molar-refractivity contribution in [2.75, 3.05) is 18.6 Å². The standard InChI is InChI=1S/C16H22FN3OSi/c1-22(2,3)9-8-21-12-19-11-15-16(20(19)17)14-7-5-4-6-13(14)10-18-15/h4-7,10H,8-9,11-12H2,1-3H3. The minimum Gasteiger partial charge on any atom is -0.365 e. The van der Waals surface area contributed by atoms with Gasteiger partial charge in [-0.25, -0.2) is 0 Å². The van der Waals surface area contributed by atoms with E-state index in [2.05, 4.69) is 24.6 Å². The van der Waals surface area contributed by atoms with Crippen molar-refractivity contribution >= 4 is 24.5 Å². The monoisotopic (exact) mass is 319 g/mol. The van der Waals surface area contributed by atoms with E-state index in [0.29, 0.717) is 24.1 Å². The highest BCUT2D eigenvalue weighted by Crippen LogP contribution is 2.36. The molecule has 4 nitrogen and oxygen atoms in total. The van der Waals surface area contributed by atoms with Crippen molar-refractivity contribution in [2.24, 2.45) is 0 Å². The summed E-state index contributed by atoms with van der Waals surface area (Å²) in [5, 5.41) is 4.08. The number of anilines is 1. The largest absolute Gasteiger partial charge is 0.365 e. The lowest BCUT2D eigenvalue weighted by Crippen LogP contribution is -2.34. The van der Waals surface area contributed by atoms with Crippen LogP contribution in [0.15, 0.2) is 30.5 Å². The third kappa shape index (κ3) is 3.14. The summed E-state index contributed by atoms with van der Waals surface area (Å²) in [6, 6.07) is 8.82. The average Bonchev–Trinajstić information content (AvgIpc) is 2.80. The summed E-state index contributed by atoms with van der Waals surface area (Å²) in [6.45, 7) is 8.30. The molecule has 2 heterocycles. The van der Waals surface area contributed by atoms with Crippen LogP contribution < -0.4 is 5.23 Å². The Labute approximate surface area is 131 Å². The number of rotatable bonds is 5. The molecule has 1 aliphatic rings. The molecule has 0 atom stereocenters. The normalized spacial score (nSPS) is 15.5. The molecule has 0 aliphatic carbocycles. The van der Waals surface area contributed by atoms with Crippen LogP contribution in [0.2, 0.25) is 25.7 Å². The third-order valence-corrected chi connectivity index (χ3v) is 5.55. The minimum atomic E-state index is -1.11. The van der Waals surface area contributed by atoms with Gasteiger partial charge >= 0.3 is 0 Å². The fourth-order valence-corrected chi connectivity index (χ4v) is 3.29. The van der Waals surface area contributed by atoms with Gasteiger partial charge in [0.25, 0.3) is 0 Å². The second-order valence-corrected chi connectivity index (χ2v) is 12.5. The summed E-state index contributed by atoms with van der Waals surface area (Å²) < 4.78 is 20.3. The van der Waals surface area contributed by atoms with Crippen LogP contribution in [0, 0.1) is 0 Å². The lowest BCUT2D eigenvalue weighted by atomic mass is 10.1. The second kappa shape index (κ2) is 5.95. The molecular weight excluding hydrogens is 297 g/mol. The third-order valence-electron chi connectivity index (χ3n) is 3.85. The van der Waals surface area contributed by atoms with Crippen molar-refractivity contribution in [2.45, 2.75) is 32.2 Å². The van der Waals surface area contributed by atoms with Crippen molar-refractivity contribution in [3.8, 4) is 0 Å². The number of ether oxygens (including phenoxy) is 1. The SMILES string of the molecule is C[Si](C)(C)CCOCN1Cc2ncc3ccccc3c2N1F. The van der Waals surface area contributed by atoms with Crippen LogP contribution in [0.4, 0.5) is 10.2 Å². The first-order chi connectivity index (χ1) is 10.5. The number of hydrogen-bond donors (Lipinski definition) is 0. The number of hydrogen-bond acceptors (Lipinski definition) is 4. The Morgan fingerprint density at radius 3 is 2.82 bits per heavy atom. The van der Waals surface area contributed by atoms with Crippen molar-refractivity contribution in [1.82, 2.24) is 9.99 Å². The van der Waals surface area contributed by atoms with Crippen LogP contribution in [0.1, 0.15) is 5.69 Å².